The van der Waals surface area contributed by atoms with Crippen LogP contribution in [0.1, 0.15) is 30.6 Å². The smallest absolute Gasteiger partial charge is 0.257 e. The number of methoxy groups -OCH3 is 1. The maximum Gasteiger partial charge on any atom is 0.257 e. The van der Waals surface area contributed by atoms with Gasteiger partial charge in [0.25, 0.3) is 5.91 Å². The van der Waals surface area contributed by atoms with Crippen molar-refractivity contribution in [2.75, 3.05) is 39.0 Å². The quantitative estimate of drug-likeness (QED) is 0.841. The predicted molar refractivity (Wildman–Crippen MR) is 84.6 cm³/mol. The summed E-state index contributed by atoms with van der Waals surface area (Å²) < 4.78 is 5.29. The van der Waals surface area contributed by atoms with Crippen LogP contribution in [0.15, 0.2) is 18.2 Å². The molecule has 1 aromatic carbocycles. The van der Waals surface area contributed by atoms with Crippen LogP contribution in [0.2, 0.25) is 0 Å². The number of anilines is 1. The largest absolute Gasteiger partial charge is 0.494 e. The van der Waals surface area contributed by atoms with Gasteiger partial charge in [-0.05, 0) is 31.6 Å². The van der Waals surface area contributed by atoms with E-state index < -0.39 is 0 Å². The minimum atomic E-state index is 0.00815. The van der Waals surface area contributed by atoms with Gasteiger partial charge in [0.2, 0.25) is 0 Å². The highest BCUT2D eigenvalue weighted by Crippen LogP contribution is 2.28. The summed E-state index contributed by atoms with van der Waals surface area (Å²) in [5, 5.41) is 0. The highest BCUT2D eigenvalue weighted by Gasteiger charge is 2.31. The SMILES string of the molecule is CCN(CC)C1CCN(C(=O)c2cccc(N)c2OC)C1. The Hall–Kier alpha value is -1.75. The Morgan fingerprint density at radius 1 is 1.43 bits per heavy atom. The van der Waals surface area contributed by atoms with Crippen molar-refractivity contribution < 1.29 is 9.53 Å². The molecule has 1 unspecified atom stereocenters. The van der Waals surface area contributed by atoms with Crippen molar-refractivity contribution in [1.82, 2.24) is 9.80 Å². The van der Waals surface area contributed by atoms with Crippen LogP contribution in [0, 0.1) is 0 Å². The second-order valence-electron chi connectivity index (χ2n) is 5.34. The minimum absolute atomic E-state index is 0.00815. The third-order valence-corrected chi connectivity index (χ3v) is 4.26. The van der Waals surface area contributed by atoms with Crippen LogP contribution in [0.3, 0.4) is 0 Å². The Bertz CT molecular complexity index is 500. The lowest BCUT2D eigenvalue weighted by molar-refractivity contribution is 0.0774. The number of benzene rings is 1. The Labute approximate surface area is 126 Å². The first-order valence-electron chi connectivity index (χ1n) is 7.58. The van der Waals surface area contributed by atoms with Gasteiger partial charge < -0.3 is 15.4 Å². The maximum absolute atomic E-state index is 12.7. The van der Waals surface area contributed by atoms with E-state index in [4.69, 9.17) is 10.5 Å². The number of carbonyl (C=O) groups is 1. The van der Waals surface area contributed by atoms with Gasteiger partial charge in [0.05, 0.1) is 18.4 Å². The number of likely N-dealkylation sites (tertiary alicyclic amines) is 1. The zero-order valence-corrected chi connectivity index (χ0v) is 13.1. The number of amides is 1. The average molecular weight is 291 g/mol. The van der Waals surface area contributed by atoms with Gasteiger partial charge in [-0.1, -0.05) is 19.9 Å². The number of ether oxygens (including phenoxy) is 1. The Kier molecular flexibility index (Phi) is 5.07. The molecule has 1 aromatic rings. The molecule has 0 aromatic heterocycles. The lowest BCUT2D eigenvalue weighted by Crippen LogP contribution is -2.38. The van der Waals surface area contributed by atoms with E-state index in [1.807, 2.05) is 4.90 Å². The Balaban J connectivity index is 2.14. The summed E-state index contributed by atoms with van der Waals surface area (Å²) in [5.74, 6) is 0.489. The molecular formula is C16H25N3O2. The van der Waals surface area contributed by atoms with Crippen molar-refractivity contribution in [1.29, 1.82) is 0 Å². The molecular weight excluding hydrogens is 266 g/mol. The van der Waals surface area contributed by atoms with Gasteiger partial charge in [0.15, 0.2) is 5.75 Å². The molecule has 1 heterocycles. The lowest BCUT2D eigenvalue weighted by Gasteiger charge is -2.26. The number of likely N-dealkylation sites (N-methyl/N-ethyl adjacent to an activating group) is 1. The molecule has 1 fully saturated rings. The van der Waals surface area contributed by atoms with Crippen LogP contribution in [0.25, 0.3) is 0 Å². The molecule has 1 saturated heterocycles. The summed E-state index contributed by atoms with van der Waals surface area (Å²) in [4.78, 5) is 17.0. The van der Waals surface area contributed by atoms with E-state index in [-0.39, 0.29) is 5.91 Å². The molecule has 1 aliphatic heterocycles. The van der Waals surface area contributed by atoms with Crippen molar-refractivity contribution >= 4 is 11.6 Å². The van der Waals surface area contributed by atoms with E-state index >= 15 is 0 Å². The third kappa shape index (κ3) is 3.13. The van der Waals surface area contributed by atoms with Crippen LogP contribution < -0.4 is 10.5 Å². The summed E-state index contributed by atoms with van der Waals surface area (Å²) in [6.45, 7) is 7.93. The fourth-order valence-corrected chi connectivity index (χ4v) is 3.09. The van der Waals surface area contributed by atoms with Crippen molar-refractivity contribution in [3.05, 3.63) is 23.8 Å². The molecule has 0 bridgehead atoms. The number of carbonyl (C=O) groups excluding carboxylic acids is 1. The molecule has 1 aliphatic rings. The fourth-order valence-electron chi connectivity index (χ4n) is 3.09. The molecule has 2 rings (SSSR count). The van der Waals surface area contributed by atoms with Crippen molar-refractivity contribution in [3.8, 4) is 5.75 Å². The van der Waals surface area contributed by atoms with Gasteiger partial charge >= 0.3 is 0 Å². The number of hydrogen-bond acceptors (Lipinski definition) is 4. The van der Waals surface area contributed by atoms with Gasteiger partial charge in [-0.25, -0.2) is 0 Å². The molecule has 1 amide bonds. The summed E-state index contributed by atoms with van der Waals surface area (Å²) in [6, 6.07) is 5.78. The van der Waals surface area contributed by atoms with Crippen LogP contribution in [-0.4, -0.2) is 55.0 Å². The Morgan fingerprint density at radius 3 is 2.76 bits per heavy atom. The van der Waals surface area contributed by atoms with E-state index in [2.05, 4.69) is 18.7 Å². The van der Waals surface area contributed by atoms with Crippen LogP contribution >= 0.6 is 0 Å². The van der Waals surface area contributed by atoms with Crippen molar-refractivity contribution in [3.63, 3.8) is 0 Å². The molecule has 2 N–H and O–H groups in total. The number of para-hydroxylation sites is 1. The maximum atomic E-state index is 12.7. The van der Waals surface area contributed by atoms with E-state index in [1.165, 1.54) is 0 Å². The van der Waals surface area contributed by atoms with E-state index in [9.17, 15) is 4.79 Å². The first kappa shape index (κ1) is 15.6. The molecule has 116 valence electrons. The van der Waals surface area contributed by atoms with Crippen molar-refractivity contribution in [2.24, 2.45) is 0 Å². The van der Waals surface area contributed by atoms with E-state index in [1.54, 1.807) is 25.3 Å². The van der Waals surface area contributed by atoms with Crippen LogP contribution in [-0.2, 0) is 0 Å². The number of rotatable bonds is 5. The van der Waals surface area contributed by atoms with Gasteiger partial charge in [-0.3, -0.25) is 9.69 Å². The van der Waals surface area contributed by atoms with Gasteiger partial charge in [-0.2, -0.15) is 0 Å². The summed E-state index contributed by atoms with van der Waals surface area (Å²) in [5.41, 5.74) is 6.94. The summed E-state index contributed by atoms with van der Waals surface area (Å²) in [7, 11) is 1.55. The van der Waals surface area contributed by atoms with Gasteiger partial charge in [0.1, 0.15) is 0 Å². The van der Waals surface area contributed by atoms with Crippen molar-refractivity contribution in [2.45, 2.75) is 26.3 Å². The number of nitrogen functional groups attached to an aromatic ring is 1. The number of nitrogens with two attached hydrogens (primary N) is 1. The number of nitrogens with zero attached hydrogens (tertiary/aromatic N) is 2. The topological polar surface area (TPSA) is 58.8 Å². The molecule has 0 spiro atoms. The normalized spacial score (nSPS) is 18.3. The molecule has 5 nitrogen and oxygen atoms in total. The van der Waals surface area contributed by atoms with Crippen LogP contribution in [0.4, 0.5) is 5.69 Å². The number of hydrogen-bond donors (Lipinski definition) is 1. The third-order valence-electron chi connectivity index (χ3n) is 4.26. The van der Waals surface area contributed by atoms with E-state index in [0.29, 0.717) is 23.0 Å². The standard InChI is InChI=1S/C16H25N3O2/c1-4-18(5-2)12-9-10-19(11-12)16(20)13-7-6-8-14(17)15(13)21-3/h6-8,12H,4-5,9-11,17H2,1-3H3. The van der Waals surface area contributed by atoms with Gasteiger partial charge in [-0.15, -0.1) is 0 Å². The zero-order valence-electron chi connectivity index (χ0n) is 13.1. The molecule has 0 aliphatic carbocycles. The average Bonchev–Trinajstić information content (AvgIpc) is 2.97. The van der Waals surface area contributed by atoms with Crippen LogP contribution in [0.5, 0.6) is 5.75 Å². The molecule has 0 saturated carbocycles. The first-order chi connectivity index (χ1) is 10.1. The van der Waals surface area contributed by atoms with E-state index in [0.717, 1.165) is 32.6 Å². The minimum Gasteiger partial charge on any atom is -0.494 e. The zero-order chi connectivity index (χ0) is 15.4. The molecule has 0 radical (unpaired) electrons. The molecule has 1 atom stereocenters. The predicted octanol–water partition coefficient (Wildman–Crippen LogP) is 1.83. The summed E-state index contributed by atoms with van der Waals surface area (Å²) in [6.07, 6.45) is 1.03. The second-order valence-corrected chi connectivity index (χ2v) is 5.34. The first-order valence-corrected chi connectivity index (χ1v) is 7.58. The monoisotopic (exact) mass is 291 g/mol. The summed E-state index contributed by atoms with van der Waals surface area (Å²) >= 11 is 0. The Morgan fingerprint density at radius 2 is 2.14 bits per heavy atom. The highest BCUT2D eigenvalue weighted by atomic mass is 16.5. The van der Waals surface area contributed by atoms with Gasteiger partial charge in [0, 0.05) is 19.1 Å². The lowest BCUT2D eigenvalue weighted by atomic mass is 10.1. The highest BCUT2D eigenvalue weighted by molar-refractivity contribution is 5.98. The molecule has 5 heteroatoms. The fraction of sp³-hybridized carbons (Fsp3) is 0.562. The molecule has 21 heavy (non-hydrogen) atoms. The second kappa shape index (κ2) is 6.80.